The Morgan fingerprint density at radius 2 is 1.89 bits per heavy atom. The summed E-state index contributed by atoms with van der Waals surface area (Å²) in [5, 5.41) is 0.476. The van der Waals surface area contributed by atoms with Crippen LogP contribution in [0.1, 0.15) is 21.5 Å². The monoisotopic (exact) mass is 275 g/mol. The van der Waals surface area contributed by atoms with Gasteiger partial charge >= 0.3 is 0 Å². The number of nitrogens with two attached hydrogens (primary N) is 1. The number of halogens is 1. The number of carbonyl (C=O) groups is 1. The number of hydrogen-bond donors (Lipinski definition) is 1. The molecule has 4 heteroatoms. The van der Waals surface area contributed by atoms with Crippen molar-refractivity contribution in [3.63, 3.8) is 0 Å². The first-order chi connectivity index (χ1) is 9.02. The molecule has 2 aromatic rings. The Morgan fingerprint density at radius 1 is 1.16 bits per heavy atom. The molecule has 19 heavy (non-hydrogen) atoms. The Labute approximate surface area is 117 Å². The molecule has 0 saturated carbocycles. The van der Waals surface area contributed by atoms with Crippen molar-refractivity contribution in [2.24, 2.45) is 0 Å². The highest BCUT2D eigenvalue weighted by Crippen LogP contribution is 2.26. The maximum atomic E-state index is 12.5. The van der Waals surface area contributed by atoms with E-state index in [-0.39, 0.29) is 5.78 Å². The zero-order chi connectivity index (χ0) is 14.0. The summed E-state index contributed by atoms with van der Waals surface area (Å²) in [7, 11) is 1.53. The number of anilines is 1. The van der Waals surface area contributed by atoms with Crippen LogP contribution in [0.4, 0.5) is 5.69 Å². The van der Waals surface area contributed by atoms with Gasteiger partial charge in [0.1, 0.15) is 5.75 Å². The molecule has 0 aliphatic heterocycles. The fraction of sp³-hybridized carbons (Fsp3) is 0.133. The van der Waals surface area contributed by atoms with E-state index in [1.54, 1.807) is 30.3 Å². The number of carbonyl (C=O) groups excluding carboxylic acids is 1. The van der Waals surface area contributed by atoms with E-state index in [2.05, 4.69) is 0 Å². The number of hydrogen-bond acceptors (Lipinski definition) is 3. The molecule has 0 atom stereocenters. The maximum Gasteiger partial charge on any atom is 0.198 e. The van der Waals surface area contributed by atoms with Crippen molar-refractivity contribution in [2.45, 2.75) is 6.92 Å². The molecule has 0 aromatic heterocycles. The fourth-order valence-electron chi connectivity index (χ4n) is 1.87. The lowest BCUT2D eigenvalue weighted by atomic mass is 9.99. The van der Waals surface area contributed by atoms with Crippen LogP contribution in [-0.2, 0) is 0 Å². The van der Waals surface area contributed by atoms with Gasteiger partial charge in [-0.1, -0.05) is 23.2 Å². The highest BCUT2D eigenvalue weighted by atomic mass is 35.5. The average molecular weight is 276 g/mol. The average Bonchev–Trinajstić information content (AvgIpc) is 2.40. The quantitative estimate of drug-likeness (QED) is 0.689. The lowest BCUT2D eigenvalue weighted by Crippen LogP contribution is -2.07. The van der Waals surface area contributed by atoms with Crippen LogP contribution in [0.3, 0.4) is 0 Å². The first-order valence-corrected chi connectivity index (χ1v) is 6.15. The third-order valence-electron chi connectivity index (χ3n) is 2.86. The van der Waals surface area contributed by atoms with Crippen LogP contribution in [0, 0.1) is 6.92 Å². The van der Waals surface area contributed by atoms with Crippen molar-refractivity contribution in [3.05, 3.63) is 58.1 Å². The molecule has 0 aliphatic carbocycles. The van der Waals surface area contributed by atoms with Gasteiger partial charge in [-0.25, -0.2) is 0 Å². The van der Waals surface area contributed by atoms with E-state index in [4.69, 9.17) is 22.1 Å². The molecule has 2 N–H and O–H groups in total. The summed E-state index contributed by atoms with van der Waals surface area (Å²) in [6.45, 7) is 1.91. The standard InChI is InChI=1S/C15H14ClNO2/c1-9-3-6-14(19-2)12(7-9)15(18)11-8-10(16)4-5-13(11)17/h3-8H,17H2,1-2H3. The van der Waals surface area contributed by atoms with Crippen molar-refractivity contribution in [1.82, 2.24) is 0 Å². The van der Waals surface area contributed by atoms with Crippen molar-refractivity contribution >= 4 is 23.1 Å². The lowest BCUT2D eigenvalue weighted by Gasteiger charge is -2.10. The molecule has 2 aromatic carbocycles. The second kappa shape index (κ2) is 5.33. The van der Waals surface area contributed by atoms with Gasteiger partial charge < -0.3 is 10.5 Å². The van der Waals surface area contributed by atoms with Gasteiger partial charge in [0, 0.05) is 16.3 Å². The molecule has 2 rings (SSSR count). The van der Waals surface area contributed by atoms with Gasteiger partial charge in [-0.2, -0.15) is 0 Å². The van der Waals surface area contributed by atoms with Gasteiger partial charge in [-0.15, -0.1) is 0 Å². The van der Waals surface area contributed by atoms with Crippen LogP contribution in [0.15, 0.2) is 36.4 Å². The van der Waals surface area contributed by atoms with Gasteiger partial charge in [0.05, 0.1) is 12.7 Å². The predicted molar refractivity (Wildman–Crippen MR) is 77.0 cm³/mol. The smallest absolute Gasteiger partial charge is 0.198 e. The van der Waals surface area contributed by atoms with Gasteiger partial charge in [-0.05, 0) is 37.3 Å². The van der Waals surface area contributed by atoms with E-state index in [1.807, 2.05) is 13.0 Å². The molecule has 3 nitrogen and oxygen atoms in total. The molecular formula is C15H14ClNO2. The largest absolute Gasteiger partial charge is 0.496 e. The van der Waals surface area contributed by atoms with Crippen LogP contribution in [-0.4, -0.2) is 12.9 Å². The summed E-state index contributed by atoms with van der Waals surface area (Å²) in [5.74, 6) is 0.329. The number of aryl methyl sites for hydroxylation is 1. The molecule has 0 heterocycles. The summed E-state index contributed by atoms with van der Waals surface area (Å²) in [6.07, 6.45) is 0. The molecule has 98 valence electrons. The molecule has 0 amide bonds. The third-order valence-corrected chi connectivity index (χ3v) is 3.09. The number of methoxy groups -OCH3 is 1. The van der Waals surface area contributed by atoms with E-state index in [0.29, 0.717) is 27.6 Å². The molecule has 0 aliphatic rings. The lowest BCUT2D eigenvalue weighted by molar-refractivity contribution is 0.103. The Morgan fingerprint density at radius 3 is 2.58 bits per heavy atom. The summed E-state index contributed by atoms with van der Waals surface area (Å²) in [4.78, 5) is 12.5. The SMILES string of the molecule is COc1ccc(C)cc1C(=O)c1cc(Cl)ccc1N. The molecular weight excluding hydrogens is 262 g/mol. The Bertz CT molecular complexity index is 638. The first-order valence-electron chi connectivity index (χ1n) is 5.77. The van der Waals surface area contributed by atoms with Crippen molar-refractivity contribution in [2.75, 3.05) is 12.8 Å². The molecule has 0 radical (unpaired) electrons. The van der Waals surface area contributed by atoms with Gasteiger partial charge in [-0.3, -0.25) is 4.79 Å². The minimum absolute atomic E-state index is 0.194. The highest BCUT2D eigenvalue weighted by Gasteiger charge is 2.17. The van der Waals surface area contributed by atoms with Gasteiger partial charge in [0.15, 0.2) is 5.78 Å². The number of ketones is 1. The highest BCUT2D eigenvalue weighted by molar-refractivity contribution is 6.31. The summed E-state index contributed by atoms with van der Waals surface area (Å²) in [5.41, 5.74) is 8.08. The number of rotatable bonds is 3. The number of ether oxygens (including phenoxy) is 1. The molecule has 0 spiro atoms. The van der Waals surface area contributed by atoms with E-state index >= 15 is 0 Å². The number of nitrogen functional groups attached to an aromatic ring is 1. The maximum absolute atomic E-state index is 12.5. The Balaban J connectivity index is 2.55. The van der Waals surface area contributed by atoms with Crippen LogP contribution in [0.2, 0.25) is 5.02 Å². The van der Waals surface area contributed by atoms with Gasteiger partial charge in [0.2, 0.25) is 0 Å². The predicted octanol–water partition coefficient (Wildman–Crippen LogP) is 3.47. The topological polar surface area (TPSA) is 52.3 Å². The van der Waals surface area contributed by atoms with E-state index < -0.39 is 0 Å². The van der Waals surface area contributed by atoms with E-state index in [0.717, 1.165) is 5.56 Å². The Kier molecular flexibility index (Phi) is 3.76. The zero-order valence-corrected chi connectivity index (χ0v) is 11.5. The first kappa shape index (κ1) is 13.4. The fourth-order valence-corrected chi connectivity index (χ4v) is 2.04. The van der Waals surface area contributed by atoms with Crippen molar-refractivity contribution in [1.29, 1.82) is 0 Å². The molecule has 0 unspecified atom stereocenters. The molecule has 0 fully saturated rings. The Hall–Kier alpha value is -2.00. The molecule has 0 saturated heterocycles. The van der Waals surface area contributed by atoms with E-state index in [9.17, 15) is 4.79 Å². The summed E-state index contributed by atoms with van der Waals surface area (Å²) in [6, 6.07) is 10.3. The minimum atomic E-state index is -0.194. The molecule has 0 bridgehead atoms. The van der Waals surface area contributed by atoms with Crippen molar-refractivity contribution in [3.8, 4) is 5.75 Å². The van der Waals surface area contributed by atoms with Crippen LogP contribution in [0.5, 0.6) is 5.75 Å². The second-order valence-corrected chi connectivity index (χ2v) is 4.70. The van der Waals surface area contributed by atoms with E-state index in [1.165, 1.54) is 7.11 Å². The van der Waals surface area contributed by atoms with Crippen LogP contribution < -0.4 is 10.5 Å². The number of benzene rings is 2. The van der Waals surface area contributed by atoms with Crippen LogP contribution in [0.25, 0.3) is 0 Å². The zero-order valence-electron chi connectivity index (χ0n) is 10.7. The van der Waals surface area contributed by atoms with Crippen molar-refractivity contribution < 1.29 is 9.53 Å². The summed E-state index contributed by atoms with van der Waals surface area (Å²) >= 11 is 5.91. The summed E-state index contributed by atoms with van der Waals surface area (Å²) < 4.78 is 5.22. The van der Waals surface area contributed by atoms with Crippen LogP contribution >= 0.6 is 11.6 Å². The third kappa shape index (κ3) is 2.71. The second-order valence-electron chi connectivity index (χ2n) is 4.26. The normalized spacial score (nSPS) is 10.3. The van der Waals surface area contributed by atoms with Gasteiger partial charge in [0.25, 0.3) is 0 Å². The minimum Gasteiger partial charge on any atom is -0.496 e.